The number of methoxy groups -OCH3 is 1. The molecule has 1 aromatic carbocycles. The van der Waals surface area contributed by atoms with Crippen LogP contribution in [0, 0.1) is 15.9 Å². The number of carbonyl (C=O) groups excluding carboxylic acids is 1. The molecule has 0 amide bonds. The summed E-state index contributed by atoms with van der Waals surface area (Å²) in [4.78, 5) is 23.1. The van der Waals surface area contributed by atoms with Crippen LogP contribution >= 0.6 is 0 Å². The highest BCUT2D eigenvalue weighted by Crippen LogP contribution is 2.30. The number of halogens is 1. The number of nitro groups is 1. The van der Waals surface area contributed by atoms with Gasteiger partial charge in [-0.3, -0.25) is 14.9 Å². The van der Waals surface area contributed by atoms with Crippen LogP contribution in [0.4, 0.5) is 15.8 Å². The molecule has 7 heteroatoms. The highest BCUT2D eigenvalue weighted by molar-refractivity contribution is 5.78. The van der Waals surface area contributed by atoms with Crippen LogP contribution in [0.15, 0.2) is 18.2 Å². The van der Waals surface area contributed by atoms with Crippen molar-refractivity contribution in [2.75, 3.05) is 18.6 Å². The van der Waals surface area contributed by atoms with Crippen molar-refractivity contribution in [3.8, 4) is 0 Å². The van der Waals surface area contributed by atoms with E-state index in [-0.39, 0.29) is 24.0 Å². The Morgan fingerprint density at radius 3 is 2.63 bits per heavy atom. The van der Waals surface area contributed by atoms with Gasteiger partial charge in [-0.1, -0.05) is 0 Å². The Hall–Kier alpha value is -2.18. The van der Waals surface area contributed by atoms with Crippen molar-refractivity contribution in [2.24, 2.45) is 0 Å². The van der Waals surface area contributed by atoms with Crippen molar-refractivity contribution in [1.82, 2.24) is 0 Å². The molecule has 1 rings (SSSR count). The Morgan fingerprint density at radius 2 is 2.16 bits per heavy atom. The Kier molecular flexibility index (Phi) is 4.80. The first-order chi connectivity index (χ1) is 8.86. The standard InChI is InChI=1S/C12H15FN2O4/c1-8(2)14(7-12(16)19-3)10-5-4-9(13)6-11(10)15(17)18/h4-6,8H,7H2,1-3H3. The van der Waals surface area contributed by atoms with E-state index in [0.717, 1.165) is 12.1 Å². The summed E-state index contributed by atoms with van der Waals surface area (Å²) in [6.07, 6.45) is 0. The normalized spacial score (nSPS) is 10.4. The molecule has 1 aromatic rings. The van der Waals surface area contributed by atoms with Crippen molar-refractivity contribution in [2.45, 2.75) is 19.9 Å². The van der Waals surface area contributed by atoms with E-state index < -0.39 is 16.7 Å². The zero-order chi connectivity index (χ0) is 14.6. The number of benzene rings is 1. The quantitative estimate of drug-likeness (QED) is 0.465. The number of hydrogen-bond acceptors (Lipinski definition) is 5. The highest BCUT2D eigenvalue weighted by Gasteiger charge is 2.24. The first kappa shape index (κ1) is 14.9. The average Bonchev–Trinajstić information content (AvgIpc) is 2.35. The van der Waals surface area contributed by atoms with E-state index in [0.29, 0.717) is 0 Å². The second-order valence-corrected chi connectivity index (χ2v) is 4.19. The molecule has 0 fully saturated rings. The molecule has 0 saturated carbocycles. The van der Waals surface area contributed by atoms with Crippen LogP contribution in [0.5, 0.6) is 0 Å². The van der Waals surface area contributed by atoms with Crippen molar-refractivity contribution < 1.29 is 18.8 Å². The lowest BCUT2D eigenvalue weighted by atomic mass is 10.2. The molecule has 0 aliphatic rings. The van der Waals surface area contributed by atoms with Gasteiger partial charge in [0.25, 0.3) is 5.69 Å². The number of nitro benzene ring substituents is 1. The van der Waals surface area contributed by atoms with Crippen molar-refractivity contribution >= 4 is 17.3 Å². The van der Waals surface area contributed by atoms with Crippen molar-refractivity contribution in [3.05, 3.63) is 34.1 Å². The number of carbonyl (C=O) groups is 1. The third kappa shape index (κ3) is 3.64. The largest absolute Gasteiger partial charge is 0.468 e. The molecule has 0 aliphatic carbocycles. The lowest BCUT2D eigenvalue weighted by molar-refractivity contribution is -0.384. The van der Waals surface area contributed by atoms with Gasteiger partial charge in [-0.05, 0) is 26.0 Å². The summed E-state index contributed by atoms with van der Waals surface area (Å²) in [5.41, 5.74) is -0.190. The predicted octanol–water partition coefficient (Wildman–Crippen LogP) is 2.12. The third-order valence-corrected chi connectivity index (χ3v) is 2.59. The molecule has 0 bridgehead atoms. The van der Waals surface area contributed by atoms with E-state index in [1.807, 2.05) is 0 Å². The molecule has 0 N–H and O–H groups in total. The molecule has 0 aliphatic heterocycles. The fourth-order valence-electron chi connectivity index (χ4n) is 1.64. The summed E-state index contributed by atoms with van der Waals surface area (Å²) in [6.45, 7) is 3.41. The maximum atomic E-state index is 13.1. The maximum absolute atomic E-state index is 13.1. The first-order valence-electron chi connectivity index (χ1n) is 5.64. The molecular formula is C12H15FN2O4. The summed E-state index contributed by atoms with van der Waals surface area (Å²) < 4.78 is 17.6. The van der Waals surface area contributed by atoms with Crippen LogP contribution in [0.1, 0.15) is 13.8 Å². The number of rotatable bonds is 5. The van der Waals surface area contributed by atoms with Crippen LogP contribution < -0.4 is 4.90 Å². The van der Waals surface area contributed by atoms with Gasteiger partial charge in [-0.2, -0.15) is 0 Å². The van der Waals surface area contributed by atoms with Gasteiger partial charge in [0.05, 0.1) is 18.1 Å². The molecule has 0 aromatic heterocycles. The van der Waals surface area contributed by atoms with Crippen LogP contribution in [-0.4, -0.2) is 30.6 Å². The molecule has 0 heterocycles. The number of hydrogen-bond donors (Lipinski definition) is 0. The first-order valence-corrected chi connectivity index (χ1v) is 5.64. The third-order valence-electron chi connectivity index (χ3n) is 2.59. The number of nitrogens with zero attached hydrogens (tertiary/aromatic N) is 2. The average molecular weight is 270 g/mol. The van der Waals surface area contributed by atoms with Gasteiger partial charge in [0, 0.05) is 6.04 Å². The van der Waals surface area contributed by atoms with E-state index >= 15 is 0 Å². The summed E-state index contributed by atoms with van der Waals surface area (Å²) in [6, 6.07) is 3.07. The molecule has 0 radical (unpaired) electrons. The Morgan fingerprint density at radius 1 is 1.53 bits per heavy atom. The minimum atomic E-state index is -0.697. The summed E-state index contributed by atoms with van der Waals surface area (Å²) in [5.74, 6) is -1.22. The maximum Gasteiger partial charge on any atom is 0.325 e. The Labute approximate surface area is 109 Å². The van der Waals surface area contributed by atoms with Crippen LogP contribution in [0.25, 0.3) is 0 Å². The fourth-order valence-corrected chi connectivity index (χ4v) is 1.64. The summed E-state index contributed by atoms with van der Waals surface area (Å²) >= 11 is 0. The lowest BCUT2D eigenvalue weighted by Gasteiger charge is -2.27. The lowest BCUT2D eigenvalue weighted by Crippen LogP contribution is -2.36. The van der Waals surface area contributed by atoms with Crippen LogP contribution in [0.2, 0.25) is 0 Å². The summed E-state index contributed by atoms with van der Waals surface area (Å²) in [5, 5.41) is 11.0. The van der Waals surface area contributed by atoms with Crippen LogP contribution in [-0.2, 0) is 9.53 Å². The number of ether oxygens (including phenoxy) is 1. The van der Waals surface area contributed by atoms with E-state index in [1.165, 1.54) is 18.1 Å². The number of anilines is 1. The topological polar surface area (TPSA) is 72.7 Å². The van der Waals surface area contributed by atoms with Gasteiger partial charge in [0.1, 0.15) is 18.0 Å². The molecule has 0 unspecified atom stereocenters. The monoisotopic (exact) mass is 270 g/mol. The van der Waals surface area contributed by atoms with E-state index in [2.05, 4.69) is 4.74 Å². The van der Waals surface area contributed by atoms with Crippen molar-refractivity contribution in [1.29, 1.82) is 0 Å². The minimum absolute atomic E-state index is 0.138. The second-order valence-electron chi connectivity index (χ2n) is 4.19. The Balaban J connectivity index is 3.22. The van der Waals surface area contributed by atoms with Gasteiger partial charge < -0.3 is 9.64 Å². The zero-order valence-corrected chi connectivity index (χ0v) is 10.9. The Bertz CT molecular complexity index is 491. The molecular weight excluding hydrogens is 255 g/mol. The van der Waals surface area contributed by atoms with Gasteiger partial charge in [-0.15, -0.1) is 0 Å². The van der Waals surface area contributed by atoms with Crippen LogP contribution in [0.3, 0.4) is 0 Å². The molecule has 0 atom stereocenters. The molecule has 6 nitrogen and oxygen atoms in total. The van der Waals surface area contributed by atoms with Gasteiger partial charge in [0.15, 0.2) is 0 Å². The molecule has 19 heavy (non-hydrogen) atoms. The van der Waals surface area contributed by atoms with Gasteiger partial charge >= 0.3 is 5.97 Å². The second kappa shape index (κ2) is 6.12. The van der Waals surface area contributed by atoms with Gasteiger partial charge in [0.2, 0.25) is 0 Å². The smallest absolute Gasteiger partial charge is 0.325 e. The van der Waals surface area contributed by atoms with Gasteiger partial charge in [-0.25, -0.2) is 4.39 Å². The molecule has 0 spiro atoms. The fraction of sp³-hybridized carbons (Fsp3) is 0.417. The zero-order valence-electron chi connectivity index (χ0n) is 10.9. The van der Waals surface area contributed by atoms with Crippen molar-refractivity contribution in [3.63, 3.8) is 0 Å². The van der Waals surface area contributed by atoms with E-state index in [9.17, 15) is 19.3 Å². The molecule has 0 saturated heterocycles. The molecule has 104 valence electrons. The van der Waals surface area contributed by atoms with E-state index in [1.54, 1.807) is 13.8 Å². The summed E-state index contributed by atoms with van der Waals surface area (Å²) in [7, 11) is 1.24. The predicted molar refractivity (Wildman–Crippen MR) is 67.6 cm³/mol. The highest BCUT2D eigenvalue weighted by atomic mass is 19.1. The minimum Gasteiger partial charge on any atom is -0.468 e. The number of esters is 1. The van der Waals surface area contributed by atoms with E-state index in [4.69, 9.17) is 0 Å². The SMILES string of the molecule is COC(=O)CN(c1ccc(F)cc1[N+](=O)[O-])C(C)C.